The molecule has 2 aromatic heterocycles. The van der Waals surface area contributed by atoms with E-state index in [1.165, 1.54) is 30.5 Å². The van der Waals surface area contributed by atoms with Crippen molar-refractivity contribution < 1.29 is 56.8 Å². The van der Waals surface area contributed by atoms with Crippen molar-refractivity contribution in [2.75, 3.05) is 26.2 Å². The largest absolute Gasteiger partial charge is 0.479 e. The molecular weight excluding hydrogens is 785 g/mol. The van der Waals surface area contributed by atoms with E-state index in [1.807, 2.05) is 26.0 Å². The maximum atomic E-state index is 14.5. The second kappa shape index (κ2) is 20.5. The van der Waals surface area contributed by atoms with Crippen molar-refractivity contribution in [3.8, 4) is 11.1 Å². The van der Waals surface area contributed by atoms with Gasteiger partial charge in [-0.3, -0.25) is 9.59 Å². The molecule has 0 fully saturated rings. The number of aromatic nitrogens is 3. The lowest BCUT2D eigenvalue weighted by molar-refractivity contribution is -0.165. The highest BCUT2D eigenvalue weighted by molar-refractivity contribution is 5.83. The number of aliphatic hydroxyl groups excluding tert-OH is 2. The van der Waals surface area contributed by atoms with Gasteiger partial charge in [0.25, 0.3) is 5.56 Å². The van der Waals surface area contributed by atoms with E-state index in [4.69, 9.17) is 20.4 Å². The first kappa shape index (κ1) is 45.6. The van der Waals surface area contributed by atoms with Crippen molar-refractivity contribution in [1.29, 1.82) is 0 Å². The molecule has 0 saturated heterocycles. The Morgan fingerprint density at radius 3 is 1.95 bits per heavy atom. The van der Waals surface area contributed by atoms with Crippen molar-refractivity contribution in [2.24, 2.45) is 0 Å². The molecule has 0 spiro atoms. The number of aryl methyl sites for hydroxylation is 2. The van der Waals surface area contributed by atoms with Gasteiger partial charge in [-0.15, -0.1) is 0 Å². The van der Waals surface area contributed by atoms with Gasteiger partial charge in [-0.25, -0.2) is 23.4 Å². The summed E-state index contributed by atoms with van der Waals surface area (Å²) in [5.41, 5.74) is 1.29. The van der Waals surface area contributed by atoms with E-state index >= 15 is 0 Å². The van der Waals surface area contributed by atoms with Gasteiger partial charge < -0.3 is 34.8 Å². The second-order valence-corrected chi connectivity index (χ2v) is 13.2. The zero-order chi connectivity index (χ0) is 43.4. The van der Waals surface area contributed by atoms with Crippen LogP contribution in [0.5, 0.6) is 0 Å². The standard InChI is InChI=1S/C37H36F5N5O2.C4H6O6/c1-3-45(4-2)21-22-46(23-25-10-12-26(13-11-25)27-14-17-29(18-15-27)37(40,41)42)33(48)24-47-32(19-16-28-7-5-9-31(38)34(28)39)44-36(49)30-8-6-20-43-35(30)47;5-1(3(7)8)2(6)4(9)10/h5-15,17-18,20H,3-4,16,19,21-24H2,1-2H3;1-2,5-6H,(H,7,8)(H,9,10)/t;1-,2-/m.1/s1. The fraction of sp³-hybridized carbons (Fsp3) is 0.317. The third-order valence-electron chi connectivity index (χ3n) is 9.37. The number of benzene rings is 3. The van der Waals surface area contributed by atoms with Gasteiger partial charge in [-0.1, -0.05) is 62.4 Å². The van der Waals surface area contributed by atoms with Crippen LogP contribution in [0.2, 0.25) is 0 Å². The highest BCUT2D eigenvalue weighted by Gasteiger charge is 2.30. The van der Waals surface area contributed by atoms with Crippen LogP contribution in [0.3, 0.4) is 0 Å². The summed E-state index contributed by atoms with van der Waals surface area (Å²) in [6.45, 7) is 6.69. The summed E-state index contributed by atoms with van der Waals surface area (Å²) >= 11 is 0. The van der Waals surface area contributed by atoms with Crippen LogP contribution in [0.15, 0.2) is 89.9 Å². The second-order valence-electron chi connectivity index (χ2n) is 13.2. The molecule has 0 aliphatic rings. The Labute approximate surface area is 334 Å². The summed E-state index contributed by atoms with van der Waals surface area (Å²) in [4.78, 5) is 59.1. The average molecular weight is 828 g/mol. The minimum absolute atomic E-state index is 0.0412. The normalized spacial score (nSPS) is 12.4. The van der Waals surface area contributed by atoms with Crippen LogP contribution in [0, 0.1) is 11.6 Å². The number of hydrogen-bond acceptors (Lipinski definition) is 9. The first-order chi connectivity index (χ1) is 27.9. The fourth-order valence-corrected chi connectivity index (χ4v) is 5.96. The number of amides is 1. The molecule has 18 heteroatoms. The van der Waals surface area contributed by atoms with Gasteiger partial charge in [0.1, 0.15) is 18.0 Å². The molecule has 13 nitrogen and oxygen atoms in total. The molecule has 4 N–H and O–H groups in total. The molecule has 3 aromatic carbocycles. The van der Waals surface area contributed by atoms with Gasteiger partial charge in [-0.05, 0) is 72.1 Å². The molecule has 0 radical (unpaired) electrons. The van der Waals surface area contributed by atoms with Crippen LogP contribution in [0.1, 0.15) is 36.4 Å². The molecule has 0 saturated carbocycles. The number of carbonyl (C=O) groups is 3. The molecule has 0 bridgehead atoms. The first-order valence-corrected chi connectivity index (χ1v) is 18.3. The number of carboxylic acid groups (broad SMARTS) is 2. The zero-order valence-electron chi connectivity index (χ0n) is 31.9. The number of aliphatic hydroxyl groups is 2. The van der Waals surface area contributed by atoms with Gasteiger partial charge in [0.05, 0.1) is 10.9 Å². The number of rotatable bonds is 16. The Morgan fingerprint density at radius 2 is 1.39 bits per heavy atom. The number of carbonyl (C=O) groups excluding carboxylic acids is 1. The van der Waals surface area contributed by atoms with Crippen molar-refractivity contribution in [3.63, 3.8) is 0 Å². The van der Waals surface area contributed by atoms with Gasteiger partial charge >= 0.3 is 18.1 Å². The monoisotopic (exact) mass is 827 g/mol. The summed E-state index contributed by atoms with van der Waals surface area (Å²) in [6.07, 6.45) is -7.35. The molecule has 0 aliphatic carbocycles. The zero-order valence-corrected chi connectivity index (χ0v) is 31.9. The van der Waals surface area contributed by atoms with E-state index in [0.29, 0.717) is 18.7 Å². The molecule has 1 amide bonds. The smallest absolute Gasteiger partial charge is 0.416 e. The quantitative estimate of drug-likeness (QED) is 0.100. The van der Waals surface area contributed by atoms with Crippen LogP contribution in [0.4, 0.5) is 22.0 Å². The fourth-order valence-electron chi connectivity index (χ4n) is 5.96. The van der Waals surface area contributed by atoms with Crippen molar-refractivity contribution in [2.45, 2.75) is 58.2 Å². The highest BCUT2D eigenvalue weighted by Crippen LogP contribution is 2.31. The predicted octanol–water partition coefficient (Wildman–Crippen LogP) is 4.79. The number of hydrogen-bond donors (Lipinski definition) is 4. The molecule has 5 rings (SSSR count). The van der Waals surface area contributed by atoms with Gasteiger partial charge in [0.2, 0.25) is 5.91 Å². The lowest BCUT2D eigenvalue weighted by atomic mass is 10.0. The molecule has 2 atom stereocenters. The van der Waals surface area contributed by atoms with Gasteiger partial charge in [-0.2, -0.15) is 18.2 Å². The Morgan fingerprint density at radius 1 is 0.797 bits per heavy atom. The first-order valence-electron chi connectivity index (χ1n) is 18.3. The number of carboxylic acids is 2. The lowest BCUT2D eigenvalue weighted by Crippen LogP contribution is -2.40. The third-order valence-corrected chi connectivity index (χ3v) is 9.37. The average Bonchev–Trinajstić information content (AvgIpc) is 3.22. The maximum absolute atomic E-state index is 14.5. The van der Waals surface area contributed by atoms with Crippen LogP contribution in [-0.4, -0.2) is 101 Å². The Balaban J connectivity index is 0.000000680. The minimum atomic E-state index is -4.42. The van der Waals surface area contributed by atoms with E-state index in [1.54, 1.807) is 33.7 Å². The molecular formula is C41H42F5N5O8. The Kier molecular flexibility index (Phi) is 15.9. The summed E-state index contributed by atoms with van der Waals surface area (Å²) in [5, 5.41) is 32.8. The number of likely N-dealkylation sites (N-methyl/N-ethyl adjacent to an activating group) is 1. The molecule has 0 unspecified atom stereocenters. The number of halogens is 5. The number of aliphatic carboxylic acids is 2. The van der Waals surface area contributed by atoms with Crippen molar-refractivity contribution in [1.82, 2.24) is 24.3 Å². The van der Waals surface area contributed by atoms with E-state index < -0.39 is 53.1 Å². The number of fused-ring (bicyclic) bond motifs is 1. The molecule has 0 aliphatic heterocycles. The van der Waals surface area contributed by atoms with E-state index in [2.05, 4.69) is 14.9 Å². The van der Waals surface area contributed by atoms with Gasteiger partial charge in [0, 0.05) is 32.3 Å². The van der Waals surface area contributed by atoms with Crippen molar-refractivity contribution >= 4 is 28.9 Å². The molecule has 59 heavy (non-hydrogen) atoms. The Bertz CT molecular complexity index is 2270. The summed E-state index contributed by atoms with van der Waals surface area (Å²) in [6, 6.07) is 19.3. The van der Waals surface area contributed by atoms with Crippen LogP contribution >= 0.6 is 0 Å². The minimum Gasteiger partial charge on any atom is -0.479 e. The number of nitrogens with zero attached hydrogens (tertiary/aromatic N) is 5. The Hall–Kier alpha value is -6.11. The highest BCUT2D eigenvalue weighted by atomic mass is 19.4. The number of alkyl halides is 3. The third kappa shape index (κ3) is 12.2. The van der Waals surface area contributed by atoms with E-state index in [0.717, 1.165) is 42.4 Å². The van der Waals surface area contributed by atoms with Crippen LogP contribution in [-0.2, 0) is 46.5 Å². The van der Waals surface area contributed by atoms with Crippen LogP contribution < -0.4 is 5.56 Å². The summed E-state index contributed by atoms with van der Waals surface area (Å²) in [7, 11) is 0. The molecule has 2 heterocycles. The van der Waals surface area contributed by atoms with E-state index in [9.17, 15) is 41.1 Å². The SMILES string of the molecule is CCN(CC)CCN(Cc1ccc(-c2ccc(C(F)(F)F)cc2)cc1)C(=O)Cn1c(CCc2cccc(F)c2F)nc(=O)c2cccnc21.O=C(O)[C@H](O)[C@@H](O)C(=O)O. The summed E-state index contributed by atoms with van der Waals surface area (Å²) in [5.74, 6) is -5.54. The number of pyridine rings is 1. The van der Waals surface area contributed by atoms with Crippen molar-refractivity contribution in [3.05, 3.63) is 130 Å². The molecule has 5 aromatic rings. The van der Waals surface area contributed by atoms with E-state index in [-0.39, 0.29) is 54.3 Å². The maximum Gasteiger partial charge on any atom is 0.416 e. The summed E-state index contributed by atoms with van der Waals surface area (Å²) < 4.78 is 69.0. The van der Waals surface area contributed by atoms with Crippen LogP contribution in [0.25, 0.3) is 22.2 Å². The molecule has 314 valence electrons. The lowest BCUT2D eigenvalue weighted by Gasteiger charge is -2.27. The van der Waals surface area contributed by atoms with Gasteiger partial charge in [0.15, 0.2) is 23.8 Å². The predicted molar refractivity (Wildman–Crippen MR) is 205 cm³/mol. The topological polar surface area (TPSA) is 186 Å².